The quantitative estimate of drug-likeness (QED) is 0.837. The molecule has 2 atom stereocenters. The van der Waals surface area contributed by atoms with Crippen molar-refractivity contribution in [3.63, 3.8) is 0 Å². The first kappa shape index (κ1) is 17.2. The summed E-state index contributed by atoms with van der Waals surface area (Å²) < 4.78 is 5.40. The number of nitrogens with zero attached hydrogens (tertiary/aromatic N) is 2. The van der Waals surface area contributed by atoms with Crippen LogP contribution in [0.4, 0.5) is 4.79 Å². The van der Waals surface area contributed by atoms with Crippen LogP contribution in [0.15, 0.2) is 17.5 Å². The number of ether oxygens (including phenoxy) is 1. The Morgan fingerprint density at radius 2 is 2.36 bits per heavy atom. The molecule has 0 aliphatic carbocycles. The molecule has 124 valence electrons. The number of hydrogen-bond donors (Lipinski definition) is 1. The van der Waals surface area contributed by atoms with Gasteiger partial charge in [-0.25, -0.2) is 4.79 Å². The first-order chi connectivity index (χ1) is 10.6. The highest BCUT2D eigenvalue weighted by molar-refractivity contribution is 7.10. The molecule has 1 N–H and O–H groups in total. The predicted octanol–water partition coefficient (Wildman–Crippen LogP) is 2.42. The van der Waals surface area contributed by atoms with E-state index in [1.807, 2.05) is 25.9 Å². The molecule has 0 saturated carbocycles. The third-order valence-corrected chi connectivity index (χ3v) is 5.09. The molecule has 2 heterocycles. The highest BCUT2D eigenvalue weighted by atomic mass is 32.1. The molecule has 1 aliphatic rings. The molecule has 1 fully saturated rings. The smallest absolute Gasteiger partial charge is 0.317 e. The van der Waals surface area contributed by atoms with Crippen LogP contribution in [0, 0.1) is 5.92 Å². The third-order valence-electron chi connectivity index (χ3n) is 4.11. The van der Waals surface area contributed by atoms with Crippen LogP contribution >= 0.6 is 11.3 Å². The fraction of sp³-hybridized carbons (Fsp3) is 0.688. The molecule has 0 radical (unpaired) electrons. The predicted molar refractivity (Wildman–Crippen MR) is 90.3 cm³/mol. The van der Waals surface area contributed by atoms with Gasteiger partial charge in [0, 0.05) is 37.0 Å². The van der Waals surface area contributed by atoms with E-state index in [0.717, 1.165) is 32.7 Å². The van der Waals surface area contributed by atoms with Crippen LogP contribution in [0.1, 0.15) is 24.3 Å². The summed E-state index contributed by atoms with van der Waals surface area (Å²) in [7, 11) is 4.09. The highest BCUT2D eigenvalue weighted by Crippen LogP contribution is 2.22. The fourth-order valence-electron chi connectivity index (χ4n) is 2.71. The average molecular weight is 325 g/mol. The van der Waals surface area contributed by atoms with E-state index in [1.54, 1.807) is 11.3 Å². The van der Waals surface area contributed by atoms with Gasteiger partial charge in [0.05, 0.1) is 12.6 Å². The molecule has 0 unspecified atom stereocenters. The van der Waals surface area contributed by atoms with Gasteiger partial charge >= 0.3 is 6.03 Å². The van der Waals surface area contributed by atoms with E-state index in [-0.39, 0.29) is 12.1 Å². The van der Waals surface area contributed by atoms with Gasteiger partial charge in [0.15, 0.2) is 0 Å². The lowest BCUT2D eigenvalue weighted by Gasteiger charge is -2.27. The molecule has 1 aliphatic heterocycles. The van der Waals surface area contributed by atoms with Crippen molar-refractivity contribution in [3.05, 3.63) is 22.4 Å². The van der Waals surface area contributed by atoms with E-state index in [1.165, 1.54) is 4.88 Å². The van der Waals surface area contributed by atoms with Gasteiger partial charge in [-0.1, -0.05) is 6.07 Å². The Bertz CT molecular complexity index is 444. The Kier molecular flexibility index (Phi) is 6.67. The van der Waals surface area contributed by atoms with Gasteiger partial charge in [0.1, 0.15) is 0 Å². The fourth-order valence-corrected chi connectivity index (χ4v) is 3.63. The van der Waals surface area contributed by atoms with Gasteiger partial charge in [-0.05, 0) is 38.9 Å². The Hall–Kier alpha value is -1.11. The minimum absolute atomic E-state index is 0.0257. The summed E-state index contributed by atoms with van der Waals surface area (Å²) in [4.78, 5) is 17.7. The van der Waals surface area contributed by atoms with Crippen LogP contribution < -0.4 is 5.32 Å². The summed E-state index contributed by atoms with van der Waals surface area (Å²) >= 11 is 1.73. The van der Waals surface area contributed by atoms with Gasteiger partial charge < -0.3 is 19.9 Å². The number of likely N-dealkylation sites (N-methyl/N-ethyl adjacent to an activating group) is 1. The van der Waals surface area contributed by atoms with Crippen LogP contribution in [-0.4, -0.2) is 62.8 Å². The zero-order chi connectivity index (χ0) is 15.9. The summed E-state index contributed by atoms with van der Waals surface area (Å²) in [6, 6.07) is 4.42. The molecule has 0 bridgehead atoms. The molecule has 2 amide bonds. The number of rotatable bonds is 7. The number of thiophene rings is 1. The topological polar surface area (TPSA) is 44.8 Å². The maximum atomic E-state index is 12.4. The van der Waals surface area contributed by atoms with Crippen molar-refractivity contribution in [1.82, 2.24) is 15.1 Å². The molecule has 22 heavy (non-hydrogen) atoms. The van der Waals surface area contributed by atoms with Crippen molar-refractivity contribution < 1.29 is 9.53 Å². The highest BCUT2D eigenvalue weighted by Gasteiger charge is 2.22. The van der Waals surface area contributed by atoms with Crippen molar-refractivity contribution in [2.75, 3.05) is 46.9 Å². The number of amides is 2. The Labute approximate surface area is 137 Å². The number of nitrogens with one attached hydrogen (secondary N) is 1. The number of urea groups is 1. The van der Waals surface area contributed by atoms with Crippen LogP contribution in [0.5, 0.6) is 0 Å². The summed E-state index contributed by atoms with van der Waals surface area (Å²) in [5, 5.41) is 5.16. The van der Waals surface area contributed by atoms with E-state index in [9.17, 15) is 4.79 Å². The Morgan fingerprint density at radius 3 is 2.91 bits per heavy atom. The van der Waals surface area contributed by atoms with Crippen molar-refractivity contribution >= 4 is 17.4 Å². The average Bonchev–Trinajstić information content (AvgIpc) is 3.18. The SMILES string of the molecule is CCN(C[C@H]1CCOC1)C(=O)NC[C@H](c1cccs1)N(C)C. The normalized spacial score (nSPS) is 19.4. The number of carbonyl (C=O) groups excluding carboxylic acids is 1. The van der Waals surface area contributed by atoms with Crippen molar-refractivity contribution in [1.29, 1.82) is 0 Å². The second-order valence-electron chi connectivity index (χ2n) is 5.95. The molecule has 0 aromatic carbocycles. The van der Waals surface area contributed by atoms with E-state index in [0.29, 0.717) is 12.5 Å². The second-order valence-corrected chi connectivity index (χ2v) is 6.93. The molecule has 0 spiro atoms. The summed E-state index contributed by atoms with van der Waals surface area (Å²) in [5.41, 5.74) is 0. The summed E-state index contributed by atoms with van der Waals surface area (Å²) in [6.07, 6.45) is 1.05. The lowest BCUT2D eigenvalue weighted by molar-refractivity contribution is 0.164. The molecule has 1 aromatic rings. The molecule has 1 saturated heterocycles. The third kappa shape index (κ3) is 4.69. The molecule has 5 nitrogen and oxygen atoms in total. The molecular weight excluding hydrogens is 298 g/mol. The number of hydrogen-bond acceptors (Lipinski definition) is 4. The van der Waals surface area contributed by atoms with Gasteiger partial charge in [0.2, 0.25) is 0 Å². The zero-order valence-electron chi connectivity index (χ0n) is 13.7. The van der Waals surface area contributed by atoms with Gasteiger partial charge in [0.25, 0.3) is 0 Å². The lowest BCUT2D eigenvalue weighted by atomic mass is 10.1. The van der Waals surface area contributed by atoms with Crippen molar-refractivity contribution in [3.8, 4) is 0 Å². The second kappa shape index (κ2) is 8.50. The van der Waals surface area contributed by atoms with Gasteiger partial charge in [-0.3, -0.25) is 0 Å². The lowest BCUT2D eigenvalue weighted by Crippen LogP contribution is -2.45. The zero-order valence-corrected chi connectivity index (χ0v) is 14.6. The minimum atomic E-state index is 0.0257. The van der Waals surface area contributed by atoms with E-state index in [4.69, 9.17) is 4.74 Å². The van der Waals surface area contributed by atoms with Crippen LogP contribution in [-0.2, 0) is 4.74 Å². The summed E-state index contributed by atoms with van der Waals surface area (Å²) in [6.45, 7) is 5.77. The standard InChI is InChI=1S/C16H27N3O2S/c1-4-19(11-13-7-8-21-12-13)16(20)17-10-14(18(2)3)15-6-5-9-22-15/h5-6,9,13-14H,4,7-8,10-12H2,1-3H3,(H,17,20)/t13-,14-/m1/s1. The van der Waals surface area contributed by atoms with Gasteiger partial charge in [-0.2, -0.15) is 0 Å². The Balaban J connectivity index is 1.86. The van der Waals surface area contributed by atoms with Crippen LogP contribution in [0.25, 0.3) is 0 Å². The van der Waals surface area contributed by atoms with E-state index < -0.39 is 0 Å². The maximum absolute atomic E-state index is 12.4. The van der Waals surface area contributed by atoms with Crippen molar-refractivity contribution in [2.45, 2.75) is 19.4 Å². The first-order valence-corrected chi connectivity index (χ1v) is 8.80. The molecule has 1 aromatic heterocycles. The van der Waals surface area contributed by atoms with Gasteiger partial charge in [-0.15, -0.1) is 11.3 Å². The van der Waals surface area contributed by atoms with E-state index in [2.05, 4.69) is 27.7 Å². The first-order valence-electron chi connectivity index (χ1n) is 7.92. The maximum Gasteiger partial charge on any atom is 0.317 e. The van der Waals surface area contributed by atoms with Crippen LogP contribution in [0.3, 0.4) is 0 Å². The number of carbonyl (C=O) groups is 1. The van der Waals surface area contributed by atoms with Crippen LogP contribution in [0.2, 0.25) is 0 Å². The largest absolute Gasteiger partial charge is 0.381 e. The molecule has 6 heteroatoms. The molecule has 2 rings (SSSR count). The van der Waals surface area contributed by atoms with Crippen molar-refractivity contribution in [2.24, 2.45) is 5.92 Å². The Morgan fingerprint density at radius 1 is 1.55 bits per heavy atom. The summed E-state index contributed by atoms with van der Waals surface area (Å²) in [5.74, 6) is 0.479. The monoisotopic (exact) mass is 325 g/mol. The minimum Gasteiger partial charge on any atom is -0.381 e. The van der Waals surface area contributed by atoms with E-state index >= 15 is 0 Å². The molecular formula is C16H27N3O2S.